The molecule has 1 heterocycles. The predicted octanol–water partition coefficient (Wildman–Crippen LogP) is 0.677. The van der Waals surface area contributed by atoms with Crippen LogP contribution in [0, 0.1) is 5.41 Å². The molecule has 1 saturated heterocycles. The molecule has 0 spiro atoms. The molecule has 150 valence electrons. The van der Waals surface area contributed by atoms with Gasteiger partial charge in [-0.05, 0) is 44.1 Å². The van der Waals surface area contributed by atoms with Gasteiger partial charge in [-0.15, -0.1) is 0 Å². The van der Waals surface area contributed by atoms with Crippen molar-refractivity contribution in [1.82, 2.24) is 0 Å². The first kappa shape index (κ1) is 21.5. The Morgan fingerprint density at radius 2 is 1.88 bits per heavy atom. The fourth-order valence-electron chi connectivity index (χ4n) is 3.79. The van der Waals surface area contributed by atoms with Gasteiger partial charge in [-0.25, -0.2) is 0 Å². The van der Waals surface area contributed by atoms with Crippen LogP contribution in [-0.4, -0.2) is 69.6 Å². The van der Waals surface area contributed by atoms with Crippen molar-refractivity contribution in [2.75, 3.05) is 6.61 Å². The van der Waals surface area contributed by atoms with Crippen molar-refractivity contribution in [3.05, 3.63) is 11.1 Å². The van der Waals surface area contributed by atoms with Gasteiger partial charge in [0.25, 0.3) is 0 Å². The van der Waals surface area contributed by atoms with E-state index in [0.29, 0.717) is 19.3 Å². The minimum Gasteiger partial charge on any atom is -0.394 e. The van der Waals surface area contributed by atoms with Crippen LogP contribution in [0.4, 0.5) is 0 Å². The molecule has 1 fully saturated rings. The first-order valence-electron chi connectivity index (χ1n) is 9.28. The van der Waals surface area contributed by atoms with E-state index in [1.807, 2.05) is 13.8 Å². The van der Waals surface area contributed by atoms with Gasteiger partial charge in [0.15, 0.2) is 12.1 Å². The third kappa shape index (κ3) is 4.52. The van der Waals surface area contributed by atoms with Crippen LogP contribution in [0.15, 0.2) is 11.1 Å². The van der Waals surface area contributed by atoms with Crippen molar-refractivity contribution < 1.29 is 34.7 Å². The molecule has 4 N–H and O–H groups in total. The van der Waals surface area contributed by atoms with Gasteiger partial charge < -0.3 is 29.9 Å². The van der Waals surface area contributed by atoms with E-state index >= 15 is 0 Å². The van der Waals surface area contributed by atoms with Crippen LogP contribution in [-0.2, 0) is 14.3 Å². The standard InChI is InChI=1S/C19H32O7/c1-10(5-6-12-11(2)13(21)7-8-19(12,3)4)25-18-17(24)16(23)15(22)14(9-20)26-18/h10,14-18,20,22-24H,5-9H2,1-4H3. The highest BCUT2D eigenvalue weighted by Gasteiger charge is 2.44. The third-order valence-electron chi connectivity index (χ3n) is 5.68. The van der Waals surface area contributed by atoms with Crippen LogP contribution in [0.5, 0.6) is 0 Å². The van der Waals surface area contributed by atoms with E-state index < -0.39 is 37.3 Å². The number of ketones is 1. The fourth-order valence-corrected chi connectivity index (χ4v) is 3.79. The predicted molar refractivity (Wildman–Crippen MR) is 94.3 cm³/mol. The largest absolute Gasteiger partial charge is 0.394 e. The molecule has 6 atom stereocenters. The molecule has 1 aliphatic heterocycles. The zero-order valence-electron chi connectivity index (χ0n) is 16.0. The molecule has 0 aromatic carbocycles. The van der Waals surface area contributed by atoms with Gasteiger partial charge >= 0.3 is 0 Å². The van der Waals surface area contributed by atoms with Crippen molar-refractivity contribution in [2.45, 2.75) is 90.2 Å². The van der Waals surface area contributed by atoms with Gasteiger partial charge in [-0.1, -0.05) is 19.4 Å². The van der Waals surface area contributed by atoms with E-state index in [4.69, 9.17) is 9.47 Å². The quantitative estimate of drug-likeness (QED) is 0.542. The molecule has 0 bridgehead atoms. The van der Waals surface area contributed by atoms with Gasteiger partial charge in [0.05, 0.1) is 12.7 Å². The average Bonchev–Trinajstić information content (AvgIpc) is 2.58. The summed E-state index contributed by atoms with van der Waals surface area (Å²) in [5.41, 5.74) is 1.94. The monoisotopic (exact) mass is 372 g/mol. The van der Waals surface area contributed by atoms with Gasteiger partial charge in [0, 0.05) is 6.42 Å². The fraction of sp³-hybridized carbons (Fsp3) is 0.842. The third-order valence-corrected chi connectivity index (χ3v) is 5.68. The summed E-state index contributed by atoms with van der Waals surface area (Å²) in [7, 11) is 0. The number of hydrogen-bond acceptors (Lipinski definition) is 7. The summed E-state index contributed by atoms with van der Waals surface area (Å²) in [6, 6.07) is 0. The maximum atomic E-state index is 12.0. The van der Waals surface area contributed by atoms with Crippen molar-refractivity contribution in [3.63, 3.8) is 0 Å². The first-order chi connectivity index (χ1) is 12.1. The minimum atomic E-state index is -1.45. The van der Waals surface area contributed by atoms with Crippen LogP contribution in [0.3, 0.4) is 0 Å². The average molecular weight is 372 g/mol. The topological polar surface area (TPSA) is 116 Å². The molecule has 1 aliphatic carbocycles. The first-order valence-corrected chi connectivity index (χ1v) is 9.28. The number of aliphatic hydroxyl groups is 4. The molecule has 2 rings (SSSR count). The minimum absolute atomic E-state index is 0.0269. The van der Waals surface area contributed by atoms with E-state index in [-0.39, 0.29) is 17.3 Å². The van der Waals surface area contributed by atoms with Crippen LogP contribution >= 0.6 is 0 Å². The number of carbonyl (C=O) groups excluding carboxylic acids is 1. The zero-order valence-corrected chi connectivity index (χ0v) is 16.0. The molecule has 7 nitrogen and oxygen atoms in total. The second-order valence-corrected chi connectivity index (χ2v) is 8.09. The lowest BCUT2D eigenvalue weighted by atomic mass is 9.70. The highest BCUT2D eigenvalue weighted by molar-refractivity contribution is 5.96. The number of allylic oxidation sites excluding steroid dienone is 2. The second kappa shape index (κ2) is 8.46. The summed E-state index contributed by atoms with van der Waals surface area (Å²) in [6.07, 6.45) is -3.91. The Kier molecular flexibility index (Phi) is 6.98. The highest BCUT2D eigenvalue weighted by atomic mass is 16.7. The Labute approximate surface area is 154 Å². The second-order valence-electron chi connectivity index (χ2n) is 8.09. The summed E-state index contributed by atoms with van der Waals surface area (Å²) in [4.78, 5) is 12.0. The maximum absolute atomic E-state index is 12.0. The summed E-state index contributed by atoms with van der Waals surface area (Å²) in [6.45, 7) is 7.50. The SMILES string of the molecule is CC1=C(CCC(C)OC2OC(CO)C(O)C(O)C2O)C(C)(C)CCC1=O. The van der Waals surface area contributed by atoms with Crippen molar-refractivity contribution in [1.29, 1.82) is 0 Å². The van der Waals surface area contributed by atoms with Crippen molar-refractivity contribution in [2.24, 2.45) is 5.41 Å². The molecule has 0 radical (unpaired) electrons. The van der Waals surface area contributed by atoms with Crippen LogP contribution in [0.1, 0.15) is 53.4 Å². The Balaban J connectivity index is 1.97. The van der Waals surface area contributed by atoms with E-state index in [0.717, 1.165) is 17.6 Å². The summed E-state index contributed by atoms with van der Waals surface area (Å²) in [5, 5.41) is 38.9. The number of carbonyl (C=O) groups is 1. The molecular formula is C19H32O7. The molecule has 0 amide bonds. The Morgan fingerprint density at radius 1 is 1.23 bits per heavy atom. The van der Waals surface area contributed by atoms with E-state index in [2.05, 4.69) is 13.8 Å². The van der Waals surface area contributed by atoms with Gasteiger partial charge in [-0.3, -0.25) is 4.79 Å². The van der Waals surface area contributed by atoms with Gasteiger partial charge in [0.2, 0.25) is 0 Å². The molecule has 6 unspecified atom stereocenters. The highest BCUT2D eigenvalue weighted by Crippen LogP contribution is 2.41. The van der Waals surface area contributed by atoms with E-state index in [9.17, 15) is 25.2 Å². The van der Waals surface area contributed by atoms with Gasteiger partial charge in [-0.2, -0.15) is 0 Å². The van der Waals surface area contributed by atoms with E-state index in [1.165, 1.54) is 0 Å². The van der Waals surface area contributed by atoms with E-state index in [1.54, 1.807) is 0 Å². The van der Waals surface area contributed by atoms with Crippen molar-refractivity contribution >= 4 is 5.78 Å². The molecular weight excluding hydrogens is 340 g/mol. The van der Waals surface area contributed by atoms with Crippen LogP contribution in [0.2, 0.25) is 0 Å². The smallest absolute Gasteiger partial charge is 0.186 e. The summed E-state index contributed by atoms with van der Waals surface area (Å²) in [5.74, 6) is 0.196. The lowest BCUT2D eigenvalue weighted by Gasteiger charge is -2.40. The number of aliphatic hydroxyl groups excluding tert-OH is 4. The lowest BCUT2D eigenvalue weighted by molar-refractivity contribution is -0.310. The number of rotatable bonds is 6. The number of Topliss-reactive ketones (excluding diaryl/α,β-unsaturated/α-hetero) is 1. The summed E-state index contributed by atoms with van der Waals surface area (Å²) < 4.78 is 11.1. The van der Waals surface area contributed by atoms with Crippen molar-refractivity contribution in [3.8, 4) is 0 Å². The van der Waals surface area contributed by atoms with Gasteiger partial charge in [0.1, 0.15) is 24.4 Å². The molecule has 7 heteroatoms. The maximum Gasteiger partial charge on any atom is 0.186 e. The van der Waals surface area contributed by atoms with Crippen LogP contribution in [0.25, 0.3) is 0 Å². The Hall–Kier alpha value is -0.830. The number of ether oxygens (including phenoxy) is 2. The Morgan fingerprint density at radius 3 is 2.50 bits per heavy atom. The summed E-state index contributed by atoms with van der Waals surface area (Å²) >= 11 is 0. The molecule has 0 saturated carbocycles. The zero-order chi connectivity index (χ0) is 19.6. The Bertz CT molecular complexity index is 540. The molecule has 0 aromatic rings. The normalized spacial score (nSPS) is 36.3. The molecule has 26 heavy (non-hydrogen) atoms. The molecule has 2 aliphatic rings. The number of hydrogen-bond donors (Lipinski definition) is 4. The van der Waals surface area contributed by atoms with Crippen LogP contribution < -0.4 is 0 Å². The lowest BCUT2D eigenvalue weighted by Crippen LogP contribution is -2.59. The molecule has 0 aromatic heterocycles.